The summed E-state index contributed by atoms with van der Waals surface area (Å²) in [6.07, 6.45) is 0. The lowest BCUT2D eigenvalue weighted by Gasteiger charge is -2.19. The fourth-order valence-corrected chi connectivity index (χ4v) is 1.78. The van der Waals surface area contributed by atoms with Crippen LogP contribution in [0.2, 0.25) is 0 Å². The molecule has 0 aromatic heterocycles. The van der Waals surface area contributed by atoms with E-state index in [2.05, 4.69) is 26.1 Å². The SMILES string of the molecule is COCC(NC(=O)COc1ccc(C(C)(C)C)cc1)C(=O)O. The number of rotatable bonds is 7. The number of amides is 1. The molecule has 0 fully saturated rings. The normalized spacial score (nSPS) is 12.5. The molecule has 0 saturated heterocycles. The predicted octanol–water partition coefficient (Wildman–Crippen LogP) is 1.58. The Kier molecular flexibility index (Phi) is 6.37. The maximum absolute atomic E-state index is 11.7. The van der Waals surface area contributed by atoms with Crippen molar-refractivity contribution in [1.82, 2.24) is 5.32 Å². The van der Waals surface area contributed by atoms with Crippen molar-refractivity contribution in [2.75, 3.05) is 20.3 Å². The Labute approximate surface area is 130 Å². The summed E-state index contributed by atoms with van der Waals surface area (Å²) in [4.78, 5) is 22.6. The van der Waals surface area contributed by atoms with Crippen molar-refractivity contribution in [3.05, 3.63) is 29.8 Å². The second-order valence-electron chi connectivity index (χ2n) is 5.98. The van der Waals surface area contributed by atoms with Crippen molar-refractivity contribution < 1.29 is 24.2 Å². The minimum Gasteiger partial charge on any atom is -0.484 e. The Morgan fingerprint density at radius 2 is 1.82 bits per heavy atom. The molecule has 0 spiro atoms. The smallest absolute Gasteiger partial charge is 0.328 e. The Morgan fingerprint density at radius 3 is 2.27 bits per heavy atom. The molecule has 2 N–H and O–H groups in total. The second-order valence-corrected chi connectivity index (χ2v) is 5.98. The second kappa shape index (κ2) is 7.79. The van der Waals surface area contributed by atoms with E-state index in [1.54, 1.807) is 12.1 Å². The molecule has 0 aliphatic rings. The maximum atomic E-state index is 11.7. The van der Waals surface area contributed by atoms with Crippen molar-refractivity contribution in [3.8, 4) is 5.75 Å². The summed E-state index contributed by atoms with van der Waals surface area (Å²) in [5, 5.41) is 11.2. The number of benzene rings is 1. The average Bonchev–Trinajstić information content (AvgIpc) is 2.44. The maximum Gasteiger partial charge on any atom is 0.328 e. The molecule has 6 heteroatoms. The molecule has 1 unspecified atom stereocenters. The highest BCUT2D eigenvalue weighted by molar-refractivity contribution is 5.84. The quantitative estimate of drug-likeness (QED) is 0.799. The van der Waals surface area contributed by atoms with E-state index in [1.165, 1.54) is 7.11 Å². The lowest BCUT2D eigenvalue weighted by Crippen LogP contribution is -2.45. The molecular formula is C16H23NO5. The average molecular weight is 309 g/mol. The van der Waals surface area contributed by atoms with Crippen LogP contribution in [-0.2, 0) is 19.7 Å². The van der Waals surface area contributed by atoms with E-state index >= 15 is 0 Å². The number of hydrogen-bond acceptors (Lipinski definition) is 4. The first-order valence-corrected chi connectivity index (χ1v) is 6.98. The lowest BCUT2D eigenvalue weighted by atomic mass is 9.87. The van der Waals surface area contributed by atoms with Crippen LogP contribution in [-0.4, -0.2) is 43.3 Å². The first kappa shape index (κ1) is 18.0. The zero-order valence-electron chi connectivity index (χ0n) is 13.4. The third-order valence-corrected chi connectivity index (χ3v) is 3.06. The molecular weight excluding hydrogens is 286 g/mol. The highest BCUT2D eigenvalue weighted by Gasteiger charge is 2.20. The Balaban J connectivity index is 2.52. The third-order valence-electron chi connectivity index (χ3n) is 3.06. The van der Waals surface area contributed by atoms with E-state index in [4.69, 9.17) is 14.6 Å². The number of nitrogens with one attached hydrogen (secondary N) is 1. The molecule has 0 saturated carbocycles. The number of carbonyl (C=O) groups excluding carboxylic acids is 1. The van der Waals surface area contributed by atoms with Crippen LogP contribution < -0.4 is 10.1 Å². The molecule has 6 nitrogen and oxygen atoms in total. The molecule has 0 bridgehead atoms. The zero-order valence-corrected chi connectivity index (χ0v) is 13.4. The minimum atomic E-state index is -1.15. The molecule has 0 aliphatic carbocycles. The summed E-state index contributed by atoms with van der Waals surface area (Å²) >= 11 is 0. The van der Waals surface area contributed by atoms with Gasteiger partial charge in [0.25, 0.3) is 5.91 Å². The fourth-order valence-electron chi connectivity index (χ4n) is 1.78. The number of carboxylic acid groups (broad SMARTS) is 1. The van der Waals surface area contributed by atoms with Gasteiger partial charge in [-0.25, -0.2) is 4.79 Å². The van der Waals surface area contributed by atoms with Gasteiger partial charge in [-0.3, -0.25) is 4.79 Å². The van der Waals surface area contributed by atoms with Crippen molar-refractivity contribution in [1.29, 1.82) is 0 Å². The third kappa shape index (κ3) is 5.73. The Bertz CT molecular complexity index is 504. The number of ether oxygens (including phenoxy) is 2. The highest BCUT2D eigenvalue weighted by atomic mass is 16.5. The van der Waals surface area contributed by atoms with Crippen molar-refractivity contribution >= 4 is 11.9 Å². The summed E-state index contributed by atoms with van der Waals surface area (Å²) < 4.78 is 10.1. The molecule has 1 amide bonds. The molecule has 1 aromatic carbocycles. The van der Waals surface area contributed by atoms with Crippen LogP contribution in [0.4, 0.5) is 0 Å². The molecule has 0 heterocycles. The van der Waals surface area contributed by atoms with Crippen LogP contribution in [0, 0.1) is 0 Å². The first-order valence-electron chi connectivity index (χ1n) is 6.98. The Hall–Kier alpha value is -2.08. The molecule has 1 rings (SSSR count). The Morgan fingerprint density at radius 1 is 1.23 bits per heavy atom. The molecule has 22 heavy (non-hydrogen) atoms. The van der Waals surface area contributed by atoms with Crippen molar-refractivity contribution in [2.45, 2.75) is 32.2 Å². The van der Waals surface area contributed by atoms with Crippen molar-refractivity contribution in [2.24, 2.45) is 0 Å². The van der Waals surface area contributed by atoms with Crippen LogP contribution >= 0.6 is 0 Å². The van der Waals surface area contributed by atoms with Gasteiger partial charge in [-0.1, -0.05) is 32.9 Å². The van der Waals surface area contributed by atoms with Gasteiger partial charge >= 0.3 is 5.97 Å². The molecule has 0 radical (unpaired) electrons. The standard InChI is InChI=1S/C16H23NO5/c1-16(2,3)11-5-7-12(8-6-11)22-10-14(18)17-13(9-21-4)15(19)20/h5-8,13H,9-10H2,1-4H3,(H,17,18)(H,19,20). The minimum absolute atomic E-state index is 0.0464. The van der Waals surface area contributed by atoms with E-state index < -0.39 is 17.9 Å². The molecule has 1 aromatic rings. The summed E-state index contributed by atoms with van der Waals surface area (Å²) in [6.45, 7) is 5.98. The topological polar surface area (TPSA) is 84.9 Å². The van der Waals surface area contributed by atoms with E-state index in [1.807, 2.05) is 12.1 Å². The van der Waals surface area contributed by atoms with E-state index in [-0.39, 0.29) is 18.6 Å². The van der Waals surface area contributed by atoms with Gasteiger partial charge in [-0.15, -0.1) is 0 Å². The largest absolute Gasteiger partial charge is 0.484 e. The van der Waals surface area contributed by atoms with E-state index in [9.17, 15) is 9.59 Å². The first-order chi connectivity index (χ1) is 10.2. The summed E-state index contributed by atoms with van der Waals surface area (Å²) in [6, 6.07) is 6.38. The van der Waals surface area contributed by atoms with Crippen molar-refractivity contribution in [3.63, 3.8) is 0 Å². The number of carboxylic acids is 1. The summed E-state index contributed by atoms with van der Waals surface area (Å²) in [5.74, 6) is -1.10. The number of methoxy groups -OCH3 is 1. The molecule has 122 valence electrons. The lowest BCUT2D eigenvalue weighted by molar-refractivity contribution is -0.143. The monoisotopic (exact) mass is 309 g/mol. The van der Waals surface area contributed by atoms with E-state index in [0.717, 1.165) is 5.56 Å². The zero-order chi connectivity index (χ0) is 16.8. The summed E-state index contributed by atoms with van der Waals surface area (Å²) in [7, 11) is 1.37. The van der Waals surface area contributed by atoms with Crippen LogP contribution in [0.3, 0.4) is 0 Å². The van der Waals surface area contributed by atoms with Crippen LogP contribution in [0.15, 0.2) is 24.3 Å². The van der Waals surface area contributed by atoms with Crippen LogP contribution in [0.1, 0.15) is 26.3 Å². The number of aliphatic carboxylic acids is 1. The van der Waals surface area contributed by atoms with Gasteiger partial charge in [0.1, 0.15) is 5.75 Å². The van der Waals surface area contributed by atoms with Crippen LogP contribution in [0.25, 0.3) is 0 Å². The van der Waals surface area contributed by atoms with Gasteiger partial charge in [0, 0.05) is 7.11 Å². The fraction of sp³-hybridized carbons (Fsp3) is 0.500. The summed E-state index contributed by atoms with van der Waals surface area (Å²) in [5.41, 5.74) is 1.21. The van der Waals surface area contributed by atoms with E-state index in [0.29, 0.717) is 5.75 Å². The molecule has 1 atom stereocenters. The van der Waals surface area contributed by atoms with Gasteiger partial charge in [0.05, 0.1) is 6.61 Å². The van der Waals surface area contributed by atoms with Gasteiger partial charge in [0.2, 0.25) is 0 Å². The van der Waals surface area contributed by atoms with Gasteiger partial charge < -0.3 is 19.9 Å². The number of hydrogen-bond donors (Lipinski definition) is 2. The van der Waals surface area contributed by atoms with Crippen LogP contribution in [0.5, 0.6) is 5.75 Å². The van der Waals surface area contributed by atoms with Gasteiger partial charge in [-0.2, -0.15) is 0 Å². The highest BCUT2D eigenvalue weighted by Crippen LogP contribution is 2.24. The number of carbonyl (C=O) groups is 2. The predicted molar refractivity (Wildman–Crippen MR) is 82.1 cm³/mol. The van der Waals surface area contributed by atoms with Gasteiger partial charge in [0.15, 0.2) is 12.6 Å². The molecule has 0 aliphatic heterocycles. The van der Waals surface area contributed by atoms with Gasteiger partial charge in [-0.05, 0) is 23.1 Å².